The van der Waals surface area contributed by atoms with E-state index in [1.165, 1.54) is 0 Å². The van der Waals surface area contributed by atoms with Gasteiger partial charge in [0.1, 0.15) is 5.82 Å². The largest absolute Gasteiger partial charge is 0.378 e. The maximum atomic E-state index is 12.2. The Hall–Kier alpha value is -2.19. The summed E-state index contributed by atoms with van der Waals surface area (Å²) in [7, 11) is 0. The summed E-state index contributed by atoms with van der Waals surface area (Å²) >= 11 is 3.39. The molecule has 0 aliphatic carbocycles. The van der Waals surface area contributed by atoms with E-state index in [4.69, 9.17) is 4.74 Å². The van der Waals surface area contributed by atoms with E-state index in [1.807, 2.05) is 31.2 Å². The number of carbonyl (C=O) groups is 1. The fourth-order valence-electron chi connectivity index (χ4n) is 2.68. The first-order chi connectivity index (χ1) is 12.6. The Balaban J connectivity index is 1.52. The summed E-state index contributed by atoms with van der Waals surface area (Å²) in [5.41, 5.74) is 1.52. The summed E-state index contributed by atoms with van der Waals surface area (Å²) in [5.74, 6) is 1.36. The molecule has 1 aliphatic rings. The molecule has 138 valence electrons. The van der Waals surface area contributed by atoms with Gasteiger partial charge in [0, 0.05) is 42.4 Å². The number of hydrogen-bond acceptors (Lipinski definition) is 6. The highest BCUT2D eigenvalue weighted by Gasteiger charge is 2.14. The second-order valence-corrected chi connectivity index (χ2v) is 6.81. The van der Waals surface area contributed by atoms with Crippen molar-refractivity contribution in [3.63, 3.8) is 0 Å². The molecule has 0 saturated carbocycles. The maximum Gasteiger partial charge on any atom is 0.252 e. The van der Waals surface area contributed by atoms with E-state index in [-0.39, 0.29) is 5.91 Å². The highest BCUT2D eigenvalue weighted by atomic mass is 79.9. The number of nitrogens with one attached hydrogen (secondary N) is 2. The zero-order valence-electron chi connectivity index (χ0n) is 14.7. The molecule has 3 rings (SSSR count). The number of aromatic nitrogens is 2. The minimum absolute atomic E-state index is 0.113. The van der Waals surface area contributed by atoms with Gasteiger partial charge in [0.05, 0.1) is 18.8 Å². The van der Waals surface area contributed by atoms with E-state index in [0.29, 0.717) is 37.8 Å². The van der Waals surface area contributed by atoms with Crippen LogP contribution < -0.4 is 15.5 Å². The lowest BCUT2D eigenvalue weighted by molar-refractivity contribution is 0.0954. The van der Waals surface area contributed by atoms with Crippen LogP contribution in [0.3, 0.4) is 0 Å². The summed E-state index contributed by atoms with van der Waals surface area (Å²) < 4.78 is 6.16. The van der Waals surface area contributed by atoms with Crippen molar-refractivity contribution in [3.05, 3.63) is 46.1 Å². The molecule has 2 aromatic rings. The Kier molecular flexibility index (Phi) is 6.40. The van der Waals surface area contributed by atoms with Crippen molar-refractivity contribution in [1.82, 2.24) is 15.3 Å². The molecule has 1 aromatic carbocycles. The summed E-state index contributed by atoms with van der Waals surface area (Å²) in [6.45, 7) is 6.06. The maximum absolute atomic E-state index is 12.2. The number of amides is 1. The van der Waals surface area contributed by atoms with Crippen molar-refractivity contribution in [1.29, 1.82) is 0 Å². The van der Waals surface area contributed by atoms with Crippen LogP contribution in [0.2, 0.25) is 0 Å². The van der Waals surface area contributed by atoms with Crippen molar-refractivity contribution in [2.24, 2.45) is 0 Å². The SMILES string of the molecule is Cc1cc(N2CCOCC2)nc(NCCNC(=O)c2ccccc2Br)n1. The summed E-state index contributed by atoms with van der Waals surface area (Å²) in [4.78, 5) is 23.4. The highest BCUT2D eigenvalue weighted by Crippen LogP contribution is 2.16. The number of ether oxygens (including phenoxy) is 1. The molecule has 1 saturated heterocycles. The van der Waals surface area contributed by atoms with Crippen molar-refractivity contribution in [2.45, 2.75) is 6.92 Å². The first kappa shape index (κ1) is 18.6. The van der Waals surface area contributed by atoms with E-state index in [0.717, 1.165) is 29.1 Å². The Morgan fingerprint density at radius 3 is 2.77 bits per heavy atom. The molecule has 1 amide bonds. The van der Waals surface area contributed by atoms with Gasteiger partial charge in [0.15, 0.2) is 0 Å². The van der Waals surface area contributed by atoms with Gasteiger partial charge in [0.2, 0.25) is 5.95 Å². The predicted molar refractivity (Wildman–Crippen MR) is 105 cm³/mol. The van der Waals surface area contributed by atoms with E-state index in [9.17, 15) is 4.79 Å². The second kappa shape index (κ2) is 8.95. The van der Waals surface area contributed by atoms with Crippen LogP contribution in [0.5, 0.6) is 0 Å². The number of anilines is 2. The summed E-state index contributed by atoms with van der Waals surface area (Å²) in [6.07, 6.45) is 0. The first-order valence-corrected chi connectivity index (χ1v) is 9.38. The summed E-state index contributed by atoms with van der Waals surface area (Å²) in [6, 6.07) is 9.33. The predicted octanol–water partition coefficient (Wildman–Crippen LogP) is 2.23. The van der Waals surface area contributed by atoms with Gasteiger partial charge in [-0.1, -0.05) is 12.1 Å². The minimum Gasteiger partial charge on any atom is -0.378 e. The lowest BCUT2D eigenvalue weighted by atomic mass is 10.2. The average molecular weight is 420 g/mol. The minimum atomic E-state index is -0.113. The zero-order valence-corrected chi connectivity index (χ0v) is 16.3. The van der Waals surface area contributed by atoms with Crippen LogP contribution in [-0.2, 0) is 4.74 Å². The van der Waals surface area contributed by atoms with E-state index in [1.54, 1.807) is 6.07 Å². The van der Waals surface area contributed by atoms with Gasteiger partial charge in [-0.2, -0.15) is 4.98 Å². The molecule has 0 atom stereocenters. The number of benzene rings is 1. The normalized spacial score (nSPS) is 14.2. The van der Waals surface area contributed by atoms with Crippen LogP contribution >= 0.6 is 15.9 Å². The third-order valence-electron chi connectivity index (χ3n) is 3.99. The molecular formula is C18H22BrN5O2. The molecule has 1 aromatic heterocycles. The molecule has 1 fully saturated rings. The molecule has 0 unspecified atom stereocenters. The van der Waals surface area contributed by atoms with Gasteiger partial charge in [0.25, 0.3) is 5.91 Å². The van der Waals surface area contributed by atoms with E-state index in [2.05, 4.69) is 41.4 Å². The number of nitrogens with zero attached hydrogens (tertiary/aromatic N) is 3. The quantitative estimate of drug-likeness (QED) is 0.698. The zero-order chi connectivity index (χ0) is 18.4. The Morgan fingerprint density at radius 1 is 1.23 bits per heavy atom. The van der Waals surface area contributed by atoms with Gasteiger partial charge in [-0.3, -0.25) is 4.79 Å². The van der Waals surface area contributed by atoms with Crippen LogP contribution in [0, 0.1) is 6.92 Å². The van der Waals surface area contributed by atoms with Crippen LogP contribution in [0.4, 0.5) is 11.8 Å². The lowest BCUT2D eigenvalue weighted by Crippen LogP contribution is -2.37. The molecule has 0 radical (unpaired) electrons. The molecule has 0 spiro atoms. The van der Waals surface area contributed by atoms with Crippen LogP contribution in [0.15, 0.2) is 34.8 Å². The molecule has 1 aliphatic heterocycles. The fraction of sp³-hybridized carbons (Fsp3) is 0.389. The molecule has 26 heavy (non-hydrogen) atoms. The van der Waals surface area contributed by atoms with Crippen LogP contribution in [0.25, 0.3) is 0 Å². The van der Waals surface area contributed by atoms with E-state index < -0.39 is 0 Å². The molecule has 8 heteroatoms. The van der Waals surface area contributed by atoms with Crippen LogP contribution in [-0.4, -0.2) is 55.3 Å². The third kappa shape index (κ3) is 4.92. The van der Waals surface area contributed by atoms with Gasteiger partial charge >= 0.3 is 0 Å². The number of carbonyl (C=O) groups excluding carboxylic acids is 1. The van der Waals surface area contributed by atoms with Crippen molar-refractivity contribution in [3.8, 4) is 0 Å². The third-order valence-corrected chi connectivity index (χ3v) is 4.68. The molecule has 0 bridgehead atoms. The monoisotopic (exact) mass is 419 g/mol. The van der Waals surface area contributed by atoms with Crippen LogP contribution in [0.1, 0.15) is 16.1 Å². The molecular weight excluding hydrogens is 398 g/mol. The van der Waals surface area contributed by atoms with E-state index >= 15 is 0 Å². The van der Waals surface area contributed by atoms with Gasteiger partial charge in [-0.05, 0) is 35.0 Å². The molecule has 7 nitrogen and oxygen atoms in total. The fourth-order valence-corrected chi connectivity index (χ4v) is 3.14. The lowest BCUT2D eigenvalue weighted by Gasteiger charge is -2.28. The molecule has 2 N–H and O–H groups in total. The molecule has 2 heterocycles. The topological polar surface area (TPSA) is 79.4 Å². The smallest absolute Gasteiger partial charge is 0.252 e. The number of aryl methyl sites for hydroxylation is 1. The van der Waals surface area contributed by atoms with Crippen molar-refractivity contribution < 1.29 is 9.53 Å². The number of hydrogen-bond donors (Lipinski definition) is 2. The van der Waals surface area contributed by atoms with Crippen molar-refractivity contribution >= 4 is 33.6 Å². The van der Waals surface area contributed by atoms with Gasteiger partial charge < -0.3 is 20.3 Å². The standard InChI is InChI=1S/C18H22BrN5O2/c1-13-12-16(24-8-10-26-11-9-24)23-18(22-13)21-7-6-20-17(25)14-4-2-3-5-15(14)19/h2-5,12H,6-11H2,1H3,(H,20,25)(H,21,22,23). The second-order valence-electron chi connectivity index (χ2n) is 5.95. The number of morpholine rings is 1. The highest BCUT2D eigenvalue weighted by molar-refractivity contribution is 9.10. The van der Waals surface area contributed by atoms with Gasteiger partial charge in [-0.25, -0.2) is 4.98 Å². The number of rotatable bonds is 6. The Morgan fingerprint density at radius 2 is 2.00 bits per heavy atom. The van der Waals surface area contributed by atoms with Gasteiger partial charge in [-0.15, -0.1) is 0 Å². The average Bonchev–Trinajstić information content (AvgIpc) is 2.66. The number of halogens is 1. The first-order valence-electron chi connectivity index (χ1n) is 8.58. The Bertz CT molecular complexity index is 765. The Labute approximate surface area is 161 Å². The summed E-state index contributed by atoms with van der Waals surface area (Å²) in [5, 5.41) is 6.07. The van der Waals surface area contributed by atoms with Crippen molar-refractivity contribution in [2.75, 3.05) is 49.6 Å².